The lowest BCUT2D eigenvalue weighted by Crippen LogP contribution is -2.16. The standard InChI is InChI=1S/C15H18N4/c1-2-6-14(7-3-1)19-15(12-17-18-19)8-4-5-11-16-13-9-10-13/h1-4,6-8,12-13,16H,5,9-11H2/b8-4+. The van der Waals surface area contributed by atoms with Crippen LogP contribution in [0.2, 0.25) is 0 Å². The monoisotopic (exact) mass is 254 g/mol. The Morgan fingerprint density at radius 1 is 1.26 bits per heavy atom. The topological polar surface area (TPSA) is 42.7 Å². The van der Waals surface area contributed by atoms with Gasteiger partial charge in [-0.25, -0.2) is 4.68 Å². The molecule has 1 aromatic carbocycles. The zero-order valence-corrected chi connectivity index (χ0v) is 10.9. The third-order valence-corrected chi connectivity index (χ3v) is 3.19. The van der Waals surface area contributed by atoms with Gasteiger partial charge in [-0.3, -0.25) is 0 Å². The van der Waals surface area contributed by atoms with Crippen LogP contribution in [0.1, 0.15) is 25.0 Å². The van der Waals surface area contributed by atoms with Gasteiger partial charge in [0.25, 0.3) is 0 Å². The Bertz CT molecular complexity index is 540. The molecule has 1 aromatic heterocycles. The van der Waals surface area contributed by atoms with E-state index in [9.17, 15) is 0 Å². The fourth-order valence-electron chi connectivity index (χ4n) is 1.99. The second-order valence-electron chi connectivity index (χ2n) is 4.83. The first-order valence-electron chi connectivity index (χ1n) is 6.79. The minimum Gasteiger partial charge on any atom is -0.314 e. The number of hydrogen-bond donors (Lipinski definition) is 1. The second-order valence-corrected chi connectivity index (χ2v) is 4.83. The summed E-state index contributed by atoms with van der Waals surface area (Å²) in [5, 5.41) is 11.6. The normalized spacial score (nSPS) is 15.2. The van der Waals surface area contributed by atoms with Gasteiger partial charge in [0.1, 0.15) is 0 Å². The highest BCUT2D eigenvalue weighted by Gasteiger charge is 2.19. The molecule has 0 spiro atoms. The first-order chi connectivity index (χ1) is 9.43. The van der Waals surface area contributed by atoms with Crippen LogP contribution < -0.4 is 5.32 Å². The number of aromatic nitrogens is 3. The average molecular weight is 254 g/mol. The quantitative estimate of drug-likeness (QED) is 0.805. The molecule has 0 radical (unpaired) electrons. The van der Waals surface area contributed by atoms with Crippen LogP contribution in [0.15, 0.2) is 42.6 Å². The molecule has 0 bridgehead atoms. The van der Waals surface area contributed by atoms with Crippen molar-refractivity contribution in [3.63, 3.8) is 0 Å². The Hall–Kier alpha value is -1.94. The zero-order valence-electron chi connectivity index (χ0n) is 10.9. The molecule has 0 unspecified atom stereocenters. The van der Waals surface area contributed by atoms with Crippen LogP contribution in [0.5, 0.6) is 0 Å². The summed E-state index contributed by atoms with van der Waals surface area (Å²) in [7, 11) is 0. The van der Waals surface area contributed by atoms with Gasteiger partial charge in [0.05, 0.1) is 17.6 Å². The third-order valence-electron chi connectivity index (χ3n) is 3.19. The van der Waals surface area contributed by atoms with E-state index in [1.807, 2.05) is 35.0 Å². The Morgan fingerprint density at radius 3 is 2.89 bits per heavy atom. The van der Waals surface area contributed by atoms with E-state index in [1.54, 1.807) is 6.20 Å². The number of rotatable bonds is 6. The Kier molecular flexibility index (Phi) is 3.70. The highest BCUT2D eigenvalue weighted by atomic mass is 15.4. The van der Waals surface area contributed by atoms with E-state index < -0.39 is 0 Å². The van der Waals surface area contributed by atoms with Crippen LogP contribution >= 0.6 is 0 Å². The smallest absolute Gasteiger partial charge is 0.0868 e. The van der Waals surface area contributed by atoms with Crippen LogP contribution in [0, 0.1) is 0 Å². The second kappa shape index (κ2) is 5.80. The SMILES string of the molecule is C(=C\c1cnnn1-c1ccccc1)/CCNC1CC1. The highest BCUT2D eigenvalue weighted by Crippen LogP contribution is 2.18. The predicted octanol–water partition coefficient (Wildman–Crippen LogP) is 2.42. The van der Waals surface area contributed by atoms with E-state index in [-0.39, 0.29) is 0 Å². The summed E-state index contributed by atoms with van der Waals surface area (Å²) in [5.41, 5.74) is 2.05. The molecule has 0 atom stereocenters. The van der Waals surface area contributed by atoms with Gasteiger partial charge in [-0.15, -0.1) is 5.10 Å². The van der Waals surface area contributed by atoms with Crippen LogP contribution in [-0.4, -0.2) is 27.6 Å². The van der Waals surface area contributed by atoms with Gasteiger partial charge in [-0.1, -0.05) is 29.5 Å². The summed E-state index contributed by atoms with van der Waals surface area (Å²) in [6, 6.07) is 10.8. The highest BCUT2D eigenvalue weighted by molar-refractivity contribution is 5.47. The van der Waals surface area contributed by atoms with Crippen molar-refractivity contribution in [3.8, 4) is 5.69 Å². The number of benzene rings is 1. The molecule has 1 heterocycles. The minimum absolute atomic E-state index is 0.782. The van der Waals surface area contributed by atoms with Crippen LogP contribution in [0.3, 0.4) is 0 Å². The molecule has 1 aliphatic carbocycles. The zero-order chi connectivity index (χ0) is 12.9. The van der Waals surface area contributed by atoms with Crippen molar-refractivity contribution in [1.82, 2.24) is 20.3 Å². The van der Waals surface area contributed by atoms with Gasteiger partial charge < -0.3 is 5.32 Å². The largest absolute Gasteiger partial charge is 0.314 e. The van der Waals surface area contributed by atoms with E-state index in [1.165, 1.54) is 12.8 Å². The molecule has 1 aliphatic rings. The summed E-state index contributed by atoms with van der Waals surface area (Å²) in [6.45, 7) is 1.05. The van der Waals surface area contributed by atoms with Crippen LogP contribution in [0.25, 0.3) is 11.8 Å². The van der Waals surface area contributed by atoms with Crippen LogP contribution in [0.4, 0.5) is 0 Å². The van der Waals surface area contributed by atoms with Crippen molar-refractivity contribution in [1.29, 1.82) is 0 Å². The lowest BCUT2D eigenvalue weighted by Gasteiger charge is -2.02. The van der Waals surface area contributed by atoms with Crippen molar-refractivity contribution < 1.29 is 0 Å². The summed E-state index contributed by atoms with van der Waals surface area (Å²) in [4.78, 5) is 0. The minimum atomic E-state index is 0.782. The number of para-hydroxylation sites is 1. The molecule has 1 saturated carbocycles. The summed E-state index contributed by atoms with van der Waals surface area (Å²) in [5.74, 6) is 0. The molecule has 4 nitrogen and oxygen atoms in total. The molecule has 0 amide bonds. The van der Waals surface area contributed by atoms with Gasteiger partial charge in [0.2, 0.25) is 0 Å². The summed E-state index contributed by atoms with van der Waals surface area (Å²) >= 11 is 0. The number of nitrogens with one attached hydrogen (secondary N) is 1. The molecule has 4 heteroatoms. The van der Waals surface area contributed by atoms with Crippen molar-refractivity contribution >= 4 is 6.08 Å². The van der Waals surface area contributed by atoms with Crippen molar-refractivity contribution in [3.05, 3.63) is 48.3 Å². The molecule has 1 fully saturated rings. The van der Waals surface area contributed by atoms with Gasteiger partial charge in [-0.2, -0.15) is 0 Å². The maximum Gasteiger partial charge on any atom is 0.0868 e. The average Bonchev–Trinajstić information content (AvgIpc) is 3.16. The maximum atomic E-state index is 4.12. The third kappa shape index (κ3) is 3.29. The molecule has 1 N–H and O–H groups in total. The van der Waals surface area contributed by atoms with E-state index in [0.29, 0.717) is 0 Å². The summed E-state index contributed by atoms with van der Waals surface area (Å²) < 4.78 is 1.85. The predicted molar refractivity (Wildman–Crippen MR) is 76.0 cm³/mol. The van der Waals surface area contributed by atoms with E-state index >= 15 is 0 Å². The number of hydrogen-bond acceptors (Lipinski definition) is 3. The molecular weight excluding hydrogens is 236 g/mol. The molecule has 3 rings (SSSR count). The lowest BCUT2D eigenvalue weighted by atomic mass is 10.3. The van der Waals surface area contributed by atoms with E-state index in [4.69, 9.17) is 0 Å². The summed E-state index contributed by atoms with van der Waals surface area (Å²) in [6.07, 6.45) is 9.77. The molecule has 98 valence electrons. The molecule has 0 aliphatic heterocycles. The van der Waals surface area contributed by atoms with Gasteiger partial charge >= 0.3 is 0 Å². The van der Waals surface area contributed by atoms with Gasteiger partial charge in [0.15, 0.2) is 0 Å². The van der Waals surface area contributed by atoms with Crippen molar-refractivity contribution in [2.45, 2.75) is 25.3 Å². The van der Waals surface area contributed by atoms with E-state index in [0.717, 1.165) is 30.4 Å². The maximum absolute atomic E-state index is 4.12. The Labute approximate surface area is 113 Å². The fourth-order valence-corrected chi connectivity index (χ4v) is 1.99. The molecule has 2 aromatic rings. The lowest BCUT2D eigenvalue weighted by molar-refractivity contribution is 0.691. The Morgan fingerprint density at radius 2 is 2.11 bits per heavy atom. The van der Waals surface area contributed by atoms with Gasteiger partial charge in [-0.05, 0) is 44.0 Å². The first kappa shape index (κ1) is 12.1. The Balaban J connectivity index is 1.61. The molecule has 19 heavy (non-hydrogen) atoms. The van der Waals surface area contributed by atoms with Crippen molar-refractivity contribution in [2.75, 3.05) is 6.54 Å². The fraction of sp³-hybridized carbons (Fsp3) is 0.333. The van der Waals surface area contributed by atoms with Gasteiger partial charge in [0, 0.05) is 6.04 Å². The van der Waals surface area contributed by atoms with Crippen LogP contribution in [-0.2, 0) is 0 Å². The molecule has 0 saturated heterocycles. The van der Waals surface area contributed by atoms with Crippen molar-refractivity contribution in [2.24, 2.45) is 0 Å². The van der Waals surface area contributed by atoms with E-state index in [2.05, 4.69) is 27.8 Å². The molecular formula is C15H18N4. The number of nitrogens with zero attached hydrogens (tertiary/aromatic N) is 3. The first-order valence-corrected chi connectivity index (χ1v) is 6.79.